The predicted molar refractivity (Wildman–Crippen MR) is 110 cm³/mol. The molecule has 0 amide bonds. The maximum absolute atomic E-state index is 10.7. The highest BCUT2D eigenvalue weighted by atomic mass is 28.3. The first-order valence-corrected chi connectivity index (χ1v) is 12.5. The first-order chi connectivity index (χ1) is 11.8. The van der Waals surface area contributed by atoms with Gasteiger partial charge in [0.15, 0.2) is 0 Å². The van der Waals surface area contributed by atoms with Gasteiger partial charge in [0.2, 0.25) is 0 Å². The highest BCUT2D eigenvalue weighted by Gasteiger charge is 2.45. The quantitative estimate of drug-likeness (QED) is 0.633. The van der Waals surface area contributed by atoms with Crippen LogP contribution in [-0.2, 0) is 11.2 Å². The molecule has 0 saturated carbocycles. The Hall–Kier alpha value is -0.643. The Morgan fingerprint density at radius 3 is 2.04 bits per heavy atom. The van der Waals surface area contributed by atoms with Crippen molar-refractivity contribution in [3.63, 3.8) is 0 Å². The van der Waals surface area contributed by atoms with Crippen molar-refractivity contribution >= 4 is 8.07 Å². The minimum Gasteiger partial charge on any atom is -0.393 e. The fourth-order valence-electron chi connectivity index (χ4n) is 5.26. The molecule has 1 N–H and O–H groups in total. The van der Waals surface area contributed by atoms with Crippen molar-refractivity contribution in [3.05, 3.63) is 35.9 Å². The third-order valence-electron chi connectivity index (χ3n) is 6.74. The van der Waals surface area contributed by atoms with Crippen molar-refractivity contribution in [1.29, 1.82) is 0 Å². The Bertz CT molecular complexity index is 490. The Kier molecular flexibility index (Phi) is 7.30. The van der Waals surface area contributed by atoms with E-state index in [2.05, 4.69) is 65.8 Å². The molecule has 2 nitrogen and oxygen atoms in total. The van der Waals surface area contributed by atoms with Crippen LogP contribution in [0.15, 0.2) is 30.3 Å². The van der Waals surface area contributed by atoms with Gasteiger partial charge in [-0.05, 0) is 24.4 Å². The number of ether oxygens (including phenoxy) is 1. The molecule has 1 fully saturated rings. The van der Waals surface area contributed by atoms with Crippen LogP contribution in [0, 0.1) is 5.92 Å². The van der Waals surface area contributed by atoms with Crippen LogP contribution in [0.5, 0.6) is 0 Å². The van der Waals surface area contributed by atoms with E-state index in [-0.39, 0.29) is 18.1 Å². The number of hydrogen-bond donors (Lipinski definition) is 1. The summed E-state index contributed by atoms with van der Waals surface area (Å²) in [7, 11) is -1.48. The van der Waals surface area contributed by atoms with Crippen LogP contribution in [-0.4, -0.2) is 32.0 Å². The molecule has 142 valence electrons. The molecule has 2 rings (SSSR count). The van der Waals surface area contributed by atoms with Gasteiger partial charge in [0, 0.05) is 5.92 Å². The molecule has 1 aromatic rings. The van der Waals surface area contributed by atoms with Crippen molar-refractivity contribution < 1.29 is 9.84 Å². The third-order valence-corrected chi connectivity index (χ3v) is 14.4. The maximum atomic E-state index is 10.7. The third kappa shape index (κ3) is 4.75. The molecule has 1 aromatic carbocycles. The lowest BCUT2D eigenvalue weighted by Crippen LogP contribution is -2.49. The van der Waals surface area contributed by atoms with Crippen LogP contribution >= 0.6 is 0 Å². The minimum atomic E-state index is -1.48. The van der Waals surface area contributed by atoms with Gasteiger partial charge in [-0.2, -0.15) is 0 Å². The zero-order valence-corrected chi connectivity index (χ0v) is 18.0. The molecule has 0 unspecified atom stereocenters. The second-order valence-electron chi connectivity index (χ2n) is 8.99. The normalized spacial score (nSPS) is 25.1. The molecule has 3 atom stereocenters. The smallest absolute Gasteiger partial charge is 0.0638 e. The van der Waals surface area contributed by atoms with E-state index in [1.807, 2.05) is 6.07 Å². The lowest BCUT2D eigenvalue weighted by molar-refractivity contribution is -0.0758. The van der Waals surface area contributed by atoms with Gasteiger partial charge in [-0.3, -0.25) is 0 Å². The molecule has 1 aliphatic rings. The molecule has 25 heavy (non-hydrogen) atoms. The lowest BCUT2D eigenvalue weighted by atomic mass is 9.89. The van der Waals surface area contributed by atoms with E-state index in [4.69, 9.17) is 4.74 Å². The highest BCUT2D eigenvalue weighted by Crippen LogP contribution is 2.46. The number of benzene rings is 1. The molecule has 0 bridgehead atoms. The second-order valence-corrected chi connectivity index (χ2v) is 15.1. The summed E-state index contributed by atoms with van der Waals surface area (Å²) in [6, 6.07) is 11.7. The number of aliphatic hydroxyl groups excluding tert-OH is 1. The highest BCUT2D eigenvalue weighted by molar-refractivity contribution is 6.83. The van der Waals surface area contributed by atoms with Gasteiger partial charge >= 0.3 is 0 Å². The topological polar surface area (TPSA) is 29.5 Å². The Morgan fingerprint density at radius 1 is 1.00 bits per heavy atom. The van der Waals surface area contributed by atoms with Gasteiger partial charge in [0.1, 0.15) is 0 Å². The summed E-state index contributed by atoms with van der Waals surface area (Å²) in [5.41, 5.74) is 3.53. The number of hydrogen-bond acceptors (Lipinski definition) is 2. The molecule has 1 heterocycles. The molecular formula is C22H38O2Si. The van der Waals surface area contributed by atoms with Gasteiger partial charge < -0.3 is 9.84 Å². The van der Waals surface area contributed by atoms with Crippen LogP contribution in [0.4, 0.5) is 0 Å². The molecule has 0 radical (unpaired) electrons. The molecule has 3 heteroatoms. The molecule has 0 aliphatic carbocycles. The number of rotatable bonds is 7. The van der Waals surface area contributed by atoms with Crippen molar-refractivity contribution in [1.82, 2.24) is 0 Å². The van der Waals surface area contributed by atoms with Crippen LogP contribution < -0.4 is 0 Å². The van der Waals surface area contributed by atoms with Crippen LogP contribution in [0.2, 0.25) is 22.7 Å². The van der Waals surface area contributed by atoms with Crippen molar-refractivity contribution in [2.75, 3.05) is 6.61 Å². The largest absolute Gasteiger partial charge is 0.393 e. The zero-order chi connectivity index (χ0) is 18.6. The van der Waals surface area contributed by atoms with Gasteiger partial charge in [0.25, 0.3) is 0 Å². The average molecular weight is 363 g/mol. The Labute approximate surface area is 156 Å². The first-order valence-electron chi connectivity index (χ1n) is 10.1. The summed E-state index contributed by atoms with van der Waals surface area (Å²) in [5.74, 6) is 0.229. The summed E-state index contributed by atoms with van der Waals surface area (Å²) in [5, 5.41) is 10.7. The summed E-state index contributed by atoms with van der Waals surface area (Å²) in [4.78, 5) is 0. The monoisotopic (exact) mass is 362 g/mol. The van der Waals surface area contributed by atoms with Gasteiger partial charge in [-0.25, -0.2) is 0 Å². The molecule has 1 saturated heterocycles. The predicted octanol–water partition coefficient (Wildman–Crippen LogP) is 5.67. The lowest BCUT2D eigenvalue weighted by Gasteiger charge is -2.47. The zero-order valence-electron chi connectivity index (χ0n) is 17.0. The van der Waals surface area contributed by atoms with Crippen LogP contribution in [0.25, 0.3) is 0 Å². The fraction of sp³-hybridized carbons (Fsp3) is 0.727. The summed E-state index contributed by atoms with van der Waals surface area (Å²) in [6.45, 7) is 15.1. The van der Waals surface area contributed by atoms with Gasteiger partial charge in [-0.1, -0.05) is 88.5 Å². The van der Waals surface area contributed by atoms with Crippen LogP contribution in [0.1, 0.15) is 53.5 Å². The standard InChI is InChI=1S/C22H38O2Si/c1-16(2)25(17(3)4,18(5)6)15-21-13-22(23)20(14-24-21)12-19-10-8-7-9-11-19/h7-11,16-18,20-23H,12-15H2,1-6H3/t20-,21+,22+/m1/s1. The van der Waals surface area contributed by atoms with Gasteiger partial charge in [-0.15, -0.1) is 0 Å². The van der Waals surface area contributed by atoms with E-state index in [0.717, 1.165) is 29.5 Å². The van der Waals surface area contributed by atoms with E-state index in [9.17, 15) is 5.11 Å². The summed E-state index contributed by atoms with van der Waals surface area (Å²) < 4.78 is 6.31. The fourth-order valence-corrected chi connectivity index (χ4v) is 11.7. The van der Waals surface area contributed by atoms with E-state index in [0.29, 0.717) is 6.61 Å². The second kappa shape index (κ2) is 8.83. The first kappa shape index (κ1) is 20.7. The maximum Gasteiger partial charge on any atom is 0.0638 e. The summed E-state index contributed by atoms with van der Waals surface area (Å²) >= 11 is 0. The van der Waals surface area contributed by atoms with Crippen molar-refractivity contribution in [3.8, 4) is 0 Å². The molecule has 0 spiro atoms. The molecule has 0 aromatic heterocycles. The van der Waals surface area contributed by atoms with Crippen molar-refractivity contribution in [2.24, 2.45) is 5.92 Å². The van der Waals surface area contributed by atoms with Crippen molar-refractivity contribution in [2.45, 2.75) is 89.3 Å². The average Bonchev–Trinajstić information content (AvgIpc) is 2.55. The molecular weight excluding hydrogens is 324 g/mol. The van der Waals surface area contributed by atoms with Gasteiger partial charge in [0.05, 0.1) is 26.9 Å². The Balaban J connectivity index is 2.02. The SMILES string of the molecule is CC(C)[Si](C[C@@H]1C[C@H](O)[C@H](Cc2ccccc2)CO1)(C(C)C)C(C)C. The minimum absolute atomic E-state index is 0.229. The Morgan fingerprint density at radius 2 is 1.56 bits per heavy atom. The van der Waals surface area contributed by atoms with E-state index >= 15 is 0 Å². The number of aliphatic hydroxyl groups is 1. The van der Waals surface area contributed by atoms with Crippen LogP contribution in [0.3, 0.4) is 0 Å². The van der Waals surface area contributed by atoms with E-state index in [1.54, 1.807) is 0 Å². The molecule has 1 aliphatic heterocycles. The summed E-state index contributed by atoms with van der Waals surface area (Å²) in [6.07, 6.45) is 1.71. The van der Waals surface area contributed by atoms with E-state index in [1.165, 1.54) is 11.6 Å². The van der Waals surface area contributed by atoms with E-state index < -0.39 is 8.07 Å².